The lowest BCUT2D eigenvalue weighted by Crippen LogP contribution is -2.45. The van der Waals surface area contributed by atoms with E-state index in [1.54, 1.807) is 0 Å². The van der Waals surface area contributed by atoms with Gasteiger partial charge >= 0.3 is 0 Å². The van der Waals surface area contributed by atoms with Crippen LogP contribution >= 0.6 is 0 Å². The topological polar surface area (TPSA) is 67.5 Å². The standard InChI is InChI=1S/C13H23N5O/c1-4-19-13-11(14)12(15-9-16-13)18(3)10-6-5-7-17(2)8-10/h9-10H,4-8,14H2,1-3H3. The summed E-state index contributed by atoms with van der Waals surface area (Å²) in [5.41, 5.74) is 6.63. The molecule has 2 N–H and O–H groups in total. The number of ether oxygens (including phenoxy) is 1. The van der Waals surface area contributed by atoms with E-state index in [0.29, 0.717) is 24.2 Å². The summed E-state index contributed by atoms with van der Waals surface area (Å²) in [6.45, 7) is 4.66. The van der Waals surface area contributed by atoms with Gasteiger partial charge in [0.2, 0.25) is 5.88 Å². The number of nitrogen functional groups attached to an aromatic ring is 1. The summed E-state index contributed by atoms with van der Waals surface area (Å²) in [6, 6.07) is 0.436. The Hall–Kier alpha value is -1.56. The highest BCUT2D eigenvalue weighted by Gasteiger charge is 2.24. The molecule has 0 amide bonds. The Kier molecular flexibility index (Phi) is 4.42. The highest BCUT2D eigenvalue weighted by atomic mass is 16.5. The second kappa shape index (κ2) is 6.06. The molecule has 1 aromatic heterocycles. The minimum Gasteiger partial charge on any atom is -0.476 e. The summed E-state index contributed by atoms with van der Waals surface area (Å²) in [5.74, 6) is 1.24. The summed E-state index contributed by atoms with van der Waals surface area (Å²) in [4.78, 5) is 12.9. The SMILES string of the molecule is CCOc1ncnc(N(C)C2CCCN(C)C2)c1N. The summed E-state index contributed by atoms with van der Waals surface area (Å²) >= 11 is 0. The predicted octanol–water partition coefficient (Wildman–Crippen LogP) is 0.988. The van der Waals surface area contributed by atoms with Crippen LogP contribution in [0.2, 0.25) is 0 Å². The Bertz CT molecular complexity index is 425. The van der Waals surface area contributed by atoms with Crippen molar-refractivity contribution in [1.29, 1.82) is 0 Å². The van der Waals surface area contributed by atoms with Gasteiger partial charge in [-0.05, 0) is 33.4 Å². The molecule has 19 heavy (non-hydrogen) atoms. The zero-order chi connectivity index (χ0) is 13.8. The predicted molar refractivity (Wildman–Crippen MR) is 76.5 cm³/mol. The summed E-state index contributed by atoms with van der Waals surface area (Å²) in [6.07, 6.45) is 3.88. The molecule has 1 atom stereocenters. The average Bonchev–Trinajstić information content (AvgIpc) is 2.41. The van der Waals surface area contributed by atoms with Gasteiger partial charge in [0.05, 0.1) is 6.61 Å². The lowest BCUT2D eigenvalue weighted by molar-refractivity contribution is 0.247. The van der Waals surface area contributed by atoms with Crippen molar-refractivity contribution < 1.29 is 4.74 Å². The van der Waals surface area contributed by atoms with Crippen LogP contribution in [0, 0.1) is 0 Å². The third-order valence-electron chi connectivity index (χ3n) is 3.59. The third kappa shape index (κ3) is 3.07. The molecule has 0 bridgehead atoms. The van der Waals surface area contributed by atoms with Gasteiger partial charge in [-0.25, -0.2) is 4.98 Å². The number of piperidine rings is 1. The molecule has 0 radical (unpaired) electrons. The first kappa shape index (κ1) is 13.9. The van der Waals surface area contributed by atoms with Crippen LogP contribution in [-0.2, 0) is 0 Å². The van der Waals surface area contributed by atoms with E-state index in [1.807, 2.05) is 14.0 Å². The Labute approximate surface area is 114 Å². The Morgan fingerprint density at radius 2 is 2.32 bits per heavy atom. The molecule has 1 unspecified atom stereocenters. The molecule has 0 aromatic carbocycles. The first-order valence-corrected chi connectivity index (χ1v) is 6.78. The van der Waals surface area contributed by atoms with Crippen molar-refractivity contribution in [3.05, 3.63) is 6.33 Å². The van der Waals surface area contributed by atoms with Gasteiger partial charge in [-0.1, -0.05) is 0 Å². The summed E-state index contributed by atoms with van der Waals surface area (Å²) in [5, 5.41) is 0. The fourth-order valence-corrected chi connectivity index (χ4v) is 2.53. The van der Waals surface area contributed by atoms with Crippen molar-refractivity contribution >= 4 is 11.5 Å². The van der Waals surface area contributed by atoms with Crippen LogP contribution in [0.4, 0.5) is 11.5 Å². The first-order chi connectivity index (χ1) is 9.13. The van der Waals surface area contributed by atoms with E-state index in [0.717, 1.165) is 25.3 Å². The smallest absolute Gasteiger partial charge is 0.242 e. The minimum atomic E-state index is 0.436. The van der Waals surface area contributed by atoms with Gasteiger partial charge < -0.3 is 20.3 Å². The molecule has 0 aliphatic carbocycles. The number of hydrogen-bond acceptors (Lipinski definition) is 6. The number of nitrogens with zero attached hydrogens (tertiary/aromatic N) is 4. The number of nitrogens with two attached hydrogens (primary N) is 1. The molecule has 106 valence electrons. The van der Waals surface area contributed by atoms with Crippen molar-refractivity contribution in [3.63, 3.8) is 0 Å². The molecular formula is C13H23N5O. The summed E-state index contributed by atoms with van der Waals surface area (Å²) < 4.78 is 5.42. The number of hydrogen-bond donors (Lipinski definition) is 1. The van der Waals surface area contributed by atoms with E-state index in [4.69, 9.17) is 10.5 Å². The van der Waals surface area contributed by atoms with Crippen molar-refractivity contribution in [2.24, 2.45) is 0 Å². The largest absolute Gasteiger partial charge is 0.476 e. The molecule has 1 saturated heterocycles. The number of likely N-dealkylation sites (tertiary alicyclic amines) is 1. The number of likely N-dealkylation sites (N-methyl/N-ethyl adjacent to an activating group) is 2. The van der Waals surface area contributed by atoms with E-state index in [2.05, 4.69) is 26.8 Å². The monoisotopic (exact) mass is 265 g/mol. The third-order valence-corrected chi connectivity index (χ3v) is 3.59. The van der Waals surface area contributed by atoms with Crippen LogP contribution in [0.15, 0.2) is 6.33 Å². The average molecular weight is 265 g/mol. The van der Waals surface area contributed by atoms with E-state index in [9.17, 15) is 0 Å². The lowest BCUT2D eigenvalue weighted by atomic mass is 10.1. The van der Waals surface area contributed by atoms with Crippen molar-refractivity contribution in [2.75, 3.05) is 44.4 Å². The molecule has 1 aromatic rings. The maximum atomic E-state index is 6.11. The minimum absolute atomic E-state index is 0.436. The van der Waals surface area contributed by atoms with Gasteiger partial charge in [0.1, 0.15) is 12.0 Å². The van der Waals surface area contributed by atoms with Crippen molar-refractivity contribution in [1.82, 2.24) is 14.9 Å². The Morgan fingerprint density at radius 1 is 1.53 bits per heavy atom. The highest BCUT2D eigenvalue weighted by Crippen LogP contribution is 2.29. The molecule has 0 spiro atoms. The van der Waals surface area contributed by atoms with E-state index in [-0.39, 0.29) is 0 Å². The Morgan fingerprint density at radius 3 is 3.00 bits per heavy atom. The summed E-state index contributed by atoms with van der Waals surface area (Å²) in [7, 11) is 4.19. The molecule has 1 aliphatic heterocycles. The van der Waals surface area contributed by atoms with Crippen LogP contribution in [0.5, 0.6) is 5.88 Å². The van der Waals surface area contributed by atoms with Gasteiger partial charge in [0.15, 0.2) is 5.82 Å². The van der Waals surface area contributed by atoms with Gasteiger partial charge in [-0.15, -0.1) is 0 Å². The van der Waals surface area contributed by atoms with Crippen LogP contribution in [-0.4, -0.2) is 54.7 Å². The van der Waals surface area contributed by atoms with E-state index < -0.39 is 0 Å². The van der Waals surface area contributed by atoms with Crippen LogP contribution in [0.1, 0.15) is 19.8 Å². The zero-order valence-electron chi connectivity index (χ0n) is 12.0. The van der Waals surface area contributed by atoms with Crippen LogP contribution in [0.3, 0.4) is 0 Å². The molecule has 6 heteroatoms. The highest BCUT2D eigenvalue weighted by molar-refractivity contribution is 5.67. The molecule has 6 nitrogen and oxygen atoms in total. The second-order valence-electron chi connectivity index (χ2n) is 5.02. The van der Waals surface area contributed by atoms with Crippen molar-refractivity contribution in [3.8, 4) is 5.88 Å². The molecule has 2 heterocycles. The van der Waals surface area contributed by atoms with Crippen LogP contribution < -0.4 is 15.4 Å². The normalized spacial score (nSPS) is 20.3. The molecule has 0 saturated carbocycles. The fourth-order valence-electron chi connectivity index (χ4n) is 2.53. The molecule has 2 rings (SSSR count). The van der Waals surface area contributed by atoms with Gasteiger partial charge in [-0.2, -0.15) is 4.98 Å². The van der Waals surface area contributed by atoms with E-state index >= 15 is 0 Å². The molecular weight excluding hydrogens is 242 g/mol. The Balaban J connectivity index is 2.18. The number of aromatic nitrogens is 2. The molecule has 1 aliphatic rings. The fraction of sp³-hybridized carbons (Fsp3) is 0.692. The van der Waals surface area contributed by atoms with E-state index in [1.165, 1.54) is 12.7 Å². The van der Waals surface area contributed by atoms with Gasteiger partial charge in [0, 0.05) is 19.6 Å². The lowest BCUT2D eigenvalue weighted by Gasteiger charge is -2.36. The maximum Gasteiger partial charge on any atom is 0.242 e. The van der Waals surface area contributed by atoms with Gasteiger partial charge in [-0.3, -0.25) is 0 Å². The van der Waals surface area contributed by atoms with Crippen LogP contribution in [0.25, 0.3) is 0 Å². The maximum absolute atomic E-state index is 6.11. The zero-order valence-corrected chi connectivity index (χ0v) is 12.0. The first-order valence-electron chi connectivity index (χ1n) is 6.78. The van der Waals surface area contributed by atoms with Crippen molar-refractivity contribution in [2.45, 2.75) is 25.8 Å². The molecule has 1 fully saturated rings. The number of rotatable bonds is 4. The quantitative estimate of drug-likeness (QED) is 0.875. The number of anilines is 2. The second-order valence-corrected chi connectivity index (χ2v) is 5.02. The van der Waals surface area contributed by atoms with Gasteiger partial charge in [0.25, 0.3) is 0 Å².